The van der Waals surface area contributed by atoms with Crippen LogP contribution in [0.5, 0.6) is 0 Å². The Hall–Kier alpha value is -1.48. The second kappa shape index (κ2) is 5.44. The maximum Gasteiger partial charge on any atom is 0.242 e. The van der Waals surface area contributed by atoms with Crippen LogP contribution in [0.1, 0.15) is 18.4 Å². The molecule has 0 atom stereocenters. The van der Waals surface area contributed by atoms with Gasteiger partial charge in [0, 0.05) is 12.5 Å². The van der Waals surface area contributed by atoms with E-state index in [1.165, 1.54) is 5.56 Å². The number of benzene rings is 1. The van der Waals surface area contributed by atoms with Crippen molar-refractivity contribution in [2.75, 3.05) is 13.1 Å². The van der Waals surface area contributed by atoms with Crippen LogP contribution < -0.4 is 0 Å². The molecule has 1 fully saturated rings. The minimum Gasteiger partial charge on any atom is -0.459 e. The number of likely N-dealkylation sites (tertiary alicyclic amines) is 1. The van der Waals surface area contributed by atoms with Crippen LogP contribution in [0.2, 0.25) is 0 Å². The third kappa shape index (κ3) is 2.67. The molecule has 2 heterocycles. The summed E-state index contributed by atoms with van der Waals surface area (Å²) in [6, 6.07) is 10.7. The lowest BCUT2D eigenvalue weighted by Gasteiger charge is -2.33. The summed E-state index contributed by atoms with van der Waals surface area (Å²) in [5, 5.41) is 0. The molecule has 1 aromatic rings. The zero-order valence-electron chi connectivity index (χ0n) is 10.5. The monoisotopic (exact) mass is 245 g/mol. The highest BCUT2D eigenvalue weighted by Gasteiger charge is 2.29. The van der Waals surface area contributed by atoms with Gasteiger partial charge in [-0.15, -0.1) is 0 Å². The fourth-order valence-corrected chi connectivity index (χ4v) is 2.70. The first-order valence-corrected chi connectivity index (χ1v) is 6.64. The van der Waals surface area contributed by atoms with Crippen molar-refractivity contribution in [2.24, 2.45) is 5.92 Å². The molecule has 2 aliphatic heterocycles. The van der Waals surface area contributed by atoms with Crippen LogP contribution >= 0.6 is 0 Å². The molecule has 1 aromatic carbocycles. The van der Waals surface area contributed by atoms with E-state index in [1.807, 2.05) is 0 Å². The molecule has 0 radical (unpaired) electrons. The summed E-state index contributed by atoms with van der Waals surface area (Å²) in [7, 11) is 0. The molecule has 0 amide bonds. The van der Waals surface area contributed by atoms with E-state index in [1.54, 1.807) is 12.5 Å². The molecule has 0 bridgehead atoms. The van der Waals surface area contributed by atoms with Crippen molar-refractivity contribution in [3.8, 4) is 0 Å². The Kier molecular flexibility index (Phi) is 3.51. The molecular weight excluding hydrogens is 226 g/mol. The minimum atomic E-state index is -0.0381. The Balaban J connectivity index is 1.48. The van der Waals surface area contributed by atoms with E-state index in [4.69, 9.17) is 9.47 Å². The van der Waals surface area contributed by atoms with Crippen LogP contribution in [-0.4, -0.2) is 24.3 Å². The van der Waals surface area contributed by atoms with Gasteiger partial charge in [0.25, 0.3) is 0 Å². The second-order valence-electron chi connectivity index (χ2n) is 5.01. The highest BCUT2D eigenvalue weighted by molar-refractivity contribution is 5.14. The molecule has 3 rings (SSSR count). The number of hydrogen-bond donors (Lipinski definition) is 0. The van der Waals surface area contributed by atoms with Crippen LogP contribution in [0.25, 0.3) is 0 Å². The molecule has 18 heavy (non-hydrogen) atoms. The topological polar surface area (TPSA) is 21.7 Å². The summed E-state index contributed by atoms with van der Waals surface area (Å²) in [6.07, 6.45) is 5.57. The normalized spacial score (nSPS) is 21.8. The molecule has 0 N–H and O–H groups in total. The van der Waals surface area contributed by atoms with Gasteiger partial charge in [0.05, 0.1) is 0 Å². The van der Waals surface area contributed by atoms with E-state index < -0.39 is 0 Å². The van der Waals surface area contributed by atoms with Crippen LogP contribution in [0.15, 0.2) is 42.9 Å². The van der Waals surface area contributed by atoms with Crippen LogP contribution in [0.4, 0.5) is 0 Å². The largest absolute Gasteiger partial charge is 0.459 e. The fourth-order valence-electron chi connectivity index (χ4n) is 2.70. The van der Waals surface area contributed by atoms with Crippen LogP contribution in [-0.2, 0) is 16.0 Å². The molecule has 0 unspecified atom stereocenters. The number of ether oxygens (including phenoxy) is 2. The lowest BCUT2D eigenvalue weighted by Crippen LogP contribution is -2.37. The maximum atomic E-state index is 5.42. The van der Waals surface area contributed by atoms with Crippen LogP contribution in [0, 0.1) is 5.92 Å². The Bertz CT molecular complexity index is 388. The van der Waals surface area contributed by atoms with E-state index in [9.17, 15) is 0 Å². The van der Waals surface area contributed by atoms with Crippen molar-refractivity contribution in [3.05, 3.63) is 48.4 Å². The van der Waals surface area contributed by atoms with Gasteiger partial charge >= 0.3 is 0 Å². The summed E-state index contributed by atoms with van der Waals surface area (Å²) in [5.41, 5.74) is 1.39. The summed E-state index contributed by atoms with van der Waals surface area (Å²) < 4.78 is 10.8. The van der Waals surface area contributed by atoms with Gasteiger partial charge in [-0.1, -0.05) is 30.3 Å². The molecule has 1 saturated heterocycles. The average molecular weight is 245 g/mol. The molecule has 0 aromatic heterocycles. The Morgan fingerprint density at radius 3 is 2.33 bits per heavy atom. The third-order valence-electron chi connectivity index (χ3n) is 3.75. The highest BCUT2D eigenvalue weighted by atomic mass is 16.7. The molecule has 0 spiro atoms. The van der Waals surface area contributed by atoms with E-state index in [0.29, 0.717) is 5.92 Å². The number of rotatable bonds is 3. The molecule has 0 saturated carbocycles. The SMILES string of the molecule is C1=COC(C2CCN(Cc3ccccc3)CC2)O1. The second-order valence-corrected chi connectivity index (χ2v) is 5.01. The van der Waals surface area contributed by atoms with Gasteiger partial charge in [0.1, 0.15) is 12.5 Å². The number of hydrogen-bond acceptors (Lipinski definition) is 3. The number of piperidine rings is 1. The molecular formula is C15H19NO2. The maximum absolute atomic E-state index is 5.42. The predicted octanol–water partition coefficient (Wildman–Crippen LogP) is 2.74. The summed E-state index contributed by atoms with van der Waals surface area (Å²) in [5.74, 6) is 0.534. The Morgan fingerprint density at radius 1 is 1.00 bits per heavy atom. The van der Waals surface area contributed by atoms with E-state index in [0.717, 1.165) is 32.5 Å². The van der Waals surface area contributed by atoms with Gasteiger partial charge < -0.3 is 9.47 Å². The van der Waals surface area contributed by atoms with Crippen molar-refractivity contribution in [1.82, 2.24) is 4.90 Å². The van der Waals surface area contributed by atoms with Gasteiger partial charge in [-0.25, -0.2) is 0 Å². The Morgan fingerprint density at radius 2 is 1.67 bits per heavy atom. The summed E-state index contributed by atoms with van der Waals surface area (Å²) in [6.45, 7) is 3.31. The lowest BCUT2D eigenvalue weighted by atomic mass is 9.96. The van der Waals surface area contributed by atoms with E-state index >= 15 is 0 Å². The fraction of sp³-hybridized carbons (Fsp3) is 0.467. The van der Waals surface area contributed by atoms with Crippen LogP contribution in [0.3, 0.4) is 0 Å². The smallest absolute Gasteiger partial charge is 0.242 e. The molecule has 0 aliphatic carbocycles. The van der Waals surface area contributed by atoms with Gasteiger partial charge in [0.15, 0.2) is 0 Å². The zero-order valence-corrected chi connectivity index (χ0v) is 10.5. The Labute approximate surface area is 108 Å². The number of nitrogens with zero attached hydrogens (tertiary/aromatic N) is 1. The molecule has 3 nitrogen and oxygen atoms in total. The summed E-state index contributed by atoms with van der Waals surface area (Å²) in [4.78, 5) is 2.51. The predicted molar refractivity (Wildman–Crippen MR) is 69.5 cm³/mol. The zero-order chi connectivity index (χ0) is 12.2. The van der Waals surface area contributed by atoms with Gasteiger partial charge in [-0.3, -0.25) is 4.90 Å². The van der Waals surface area contributed by atoms with E-state index in [-0.39, 0.29) is 6.29 Å². The molecule has 3 heteroatoms. The van der Waals surface area contributed by atoms with Crippen molar-refractivity contribution in [2.45, 2.75) is 25.7 Å². The lowest BCUT2D eigenvalue weighted by molar-refractivity contribution is -0.0828. The third-order valence-corrected chi connectivity index (χ3v) is 3.75. The first kappa shape index (κ1) is 11.6. The van der Waals surface area contributed by atoms with Gasteiger partial charge in [-0.05, 0) is 31.5 Å². The molecule has 96 valence electrons. The standard InChI is InChI=1S/C15H19NO2/c1-2-4-13(5-3-1)12-16-8-6-14(7-9-16)15-17-10-11-18-15/h1-5,10-11,14-15H,6-9,12H2. The quantitative estimate of drug-likeness (QED) is 0.817. The molecule has 2 aliphatic rings. The minimum absolute atomic E-state index is 0.0381. The van der Waals surface area contributed by atoms with Crippen molar-refractivity contribution in [1.29, 1.82) is 0 Å². The van der Waals surface area contributed by atoms with Gasteiger partial charge in [0.2, 0.25) is 6.29 Å². The average Bonchev–Trinajstić information content (AvgIpc) is 2.95. The van der Waals surface area contributed by atoms with Crippen molar-refractivity contribution >= 4 is 0 Å². The summed E-state index contributed by atoms with van der Waals surface area (Å²) >= 11 is 0. The van der Waals surface area contributed by atoms with Gasteiger partial charge in [-0.2, -0.15) is 0 Å². The van der Waals surface area contributed by atoms with Crippen molar-refractivity contribution in [3.63, 3.8) is 0 Å². The highest BCUT2D eigenvalue weighted by Crippen LogP contribution is 2.26. The van der Waals surface area contributed by atoms with Crippen molar-refractivity contribution < 1.29 is 9.47 Å². The first-order valence-electron chi connectivity index (χ1n) is 6.64. The first-order chi connectivity index (χ1) is 8.92. The van der Waals surface area contributed by atoms with E-state index in [2.05, 4.69) is 35.2 Å².